The quantitative estimate of drug-likeness (QED) is 0.749. The van der Waals surface area contributed by atoms with Crippen molar-refractivity contribution in [1.82, 2.24) is 4.90 Å². The van der Waals surface area contributed by atoms with Crippen LogP contribution in [0.2, 0.25) is 0 Å². The zero-order valence-electron chi connectivity index (χ0n) is 12.7. The van der Waals surface area contributed by atoms with Gasteiger partial charge in [-0.2, -0.15) is 0 Å². The number of hydrogen-bond donors (Lipinski definition) is 1. The number of hydrogen-bond acceptors (Lipinski definition) is 4. The van der Waals surface area contributed by atoms with Crippen LogP contribution in [0.1, 0.15) is 37.1 Å². The van der Waals surface area contributed by atoms with Crippen LogP contribution in [0.4, 0.5) is 0 Å². The van der Waals surface area contributed by atoms with Crippen molar-refractivity contribution in [2.24, 2.45) is 0 Å². The van der Waals surface area contributed by atoms with Crippen molar-refractivity contribution in [3.05, 3.63) is 21.9 Å². The topological polar surface area (TPSA) is 32.7 Å². The molecule has 1 unspecified atom stereocenters. The molecular weight excluding hydrogens is 270 g/mol. The maximum atomic E-state index is 8.72. The van der Waals surface area contributed by atoms with Gasteiger partial charge in [-0.15, -0.1) is 11.3 Å². The molecule has 0 amide bonds. The Kier molecular flexibility index (Phi) is 8.56. The van der Waals surface area contributed by atoms with E-state index in [0.717, 1.165) is 31.7 Å². The molecule has 0 saturated heterocycles. The summed E-state index contributed by atoms with van der Waals surface area (Å²) >= 11 is 1.75. The number of aliphatic hydroxyl groups excluding tert-OH is 1. The zero-order chi connectivity index (χ0) is 14.8. The molecule has 20 heavy (non-hydrogen) atoms. The largest absolute Gasteiger partial charge is 0.395 e. The monoisotopic (exact) mass is 295 g/mol. The zero-order valence-corrected chi connectivity index (χ0v) is 13.5. The number of thiophene rings is 1. The highest BCUT2D eigenvalue weighted by molar-refractivity contribution is 7.10. The molecule has 0 fully saturated rings. The average Bonchev–Trinajstić information content (AvgIpc) is 2.90. The molecule has 0 spiro atoms. The lowest BCUT2D eigenvalue weighted by molar-refractivity contribution is 0.119. The molecule has 1 aromatic rings. The van der Waals surface area contributed by atoms with Crippen LogP contribution in [-0.2, 0) is 11.3 Å². The molecule has 1 aromatic heterocycles. The lowest BCUT2D eigenvalue weighted by Gasteiger charge is -2.27. The van der Waals surface area contributed by atoms with Gasteiger partial charge in [0.15, 0.2) is 0 Å². The Labute approximate surface area is 126 Å². The summed E-state index contributed by atoms with van der Waals surface area (Å²) < 4.78 is 5.19. The molecule has 0 radical (unpaired) electrons. The molecule has 0 aromatic carbocycles. The second-order valence-electron chi connectivity index (χ2n) is 4.80. The number of methoxy groups -OCH3 is 1. The van der Waals surface area contributed by atoms with Gasteiger partial charge < -0.3 is 9.84 Å². The highest BCUT2D eigenvalue weighted by Crippen LogP contribution is 2.18. The average molecular weight is 295 g/mol. The molecule has 0 aliphatic carbocycles. The number of rotatable bonds is 8. The maximum Gasteiger partial charge on any atom is 0.0589 e. The van der Waals surface area contributed by atoms with Crippen molar-refractivity contribution in [3.63, 3.8) is 0 Å². The number of ether oxygens (including phenoxy) is 1. The lowest BCUT2D eigenvalue weighted by Crippen LogP contribution is -2.34. The molecule has 0 aliphatic rings. The first-order valence-electron chi connectivity index (χ1n) is 7.11. The third-order valence-corrected chi connectivity index (χ3v) is 4.20. The minimum Gasteiger partial charge on any atom is -0.395 e. The predicted molar refractivity (Wildman–Crippen MR) is 84.9 cm³/mol. The molecule has 1 N–H and O–H groups in total. The Morgan fingerprint density at radius 2 is 2.30 bits per heavy atom. The Hall–Kier alpha value is -0.860. The van der Waals surface area contributed by atoms with Crippen LogP contribution in [0, 0.1) is 11.8 Å². The third-order valence-electron chi connectivity index (χ3n) is 3.28. The van der Waals surface area contributed by atoms with Gasteiger partial charge in [0, 0.05) is 48.5 Å². The fraction of sp³-hybridized carbons (Fsp3) is 0.625. The molecule has 1 rings (SSSR count). The summed E-state index contributed by atoms with van der Waals surface area (Å²) in [6, 6.07) is 2.70. The van der Waals surface area contributed by atoms with E-state index in [2.05, 4.69) is 42.0 Å². The number of nitrogens with zero attached hydrogens (tertiary/aromatic N) is 1. The Morgan fingerprint density at radius 3 is 2.95 bits per heavy atom. The molecule has 0 saturated carbocycles. The van der Waals surface area contributed by atoms with Crippen molar-refractivity contribution in [3.8, 4) is 11.8 Å². The predicted octanol–water partition coefficient (Wildman–Crippen LogP) is 2.73. The summed E-state index contributed by atoms with van der Waals surface area (Å²) in [4.78, 5) is 3.77. The molecule has 0 bridgehead atoms. The van der Waals surface area contributed by atoms with Gasteiger partial charge in [-0.25, -0.2) is 0 Å². The highest BCUT2D eigenvalue weighted by Gasteiger charge is 2.13. The second kappa shape index (κ2) is 9.95. The van der Waals surface area contributed by atoms with Gasteiger partial charge in [-0.3, -0.25) is 4.90 Å². The molecule has 3 nitrogen and oxygen atoms in total. The van der Waals surface area contributed by atoms with E-state index < -0.39 is 0 Å². The summed E-state index contributed by atoms with van der Waals surface area (Å²) in [7, 11) is 1.74. The summed E-state index contributed by atoms with van der Waals surface area (Å²) in [5.41, 5.74) is 1.05. The third kappa shape index (κ3) is 6.06. The van der Waals surface area contributed by atoms with Crippen LogP contribution in [0.3, 0.4) is 0 Å². The van der Waals surface area contributed by atoms with E-state index in [4.69, 9.17) is 9.84 Å². The second-order valence-corrected chi connectivity index (χ2v) is 5.79. The van der Waals surface area contributed by atoms with Gasteiger partial charge in [-0.05, 0) is 19.4 Å². The Balaban J connectivity index is 2.62. The van der Waals surface area contributed by atoms with Crippen LogP contribution >= 0.6 is 11.3 Å². The van der Waals surface area contributed by atoms with E-state index in [1.165, 1.54) is 4.88 Å². The van der Waals surface area contributed by atoms with E-state index in [-0.39, 0.29) is 6.61 Å². The van der Waals surface area contributed by atoms with E-state index >= 15 is 0 Å². The van der Waals surface area contributed by atoms with Gasteiger partial charge in [0.1, 0.15) is 0 Å². The SMILES string of the molecule is CCC(C)N(CCOC)Cc1cc(C#CCCO)cs1. The van der Waals surface area contributed by atoms with Gasteiger partial charge in [0.25, 0.3) is 0 Å². The first-order valence-corrected chi connectivity index (χ1v) is 7.99. The van der Waals surface area contributed by atoms with Gasteiger partial charge in [0.2, 0.25) is 0 Å². The van der Waals surface area contributed by atoms with Gasteiger partial charge in [0.05, 0.1) is 13.2 Å². The van der Waals surface area contributed by atoms with Crippen molar-refractivity contribution >= 4 is 11.3 Å². The molecule has 1 atom stereocenters. The number of aliphatic hydroxyl groups is 1. The molecule has 4 heteroatoms. The van der Waals surface area contributed by atoms with Crippen molar-refractivity contribution in [2.75, 3.05) is 26.9 Å². The van der Waals surface area contributed by atoms with Crippen LogP contribution in [0.25, 0.3) is 0 Å². The smallest absolute Gasteiger partial charge is 0.0589 e. The van der Waals surface area contributed by atoms with E-state index in [9.17, 15) is 0 Å². The van der Waals surface area contributed by atoms with E-state index in [1.54, 1.807) is 18.4 Å². The Morgan fingerprint density at radius 1 is 1.50 bits per heavy atom. The van der Waals surface area contributed by atoms with Crippen molar-refractivity contribution in [1.29, 1.82) is 0 Å². The van der Waals surface area contributed by atoms with Crippen LogP contribution in [0.15, 0.2) is 11.4 Å². The van der Waals surface area contributed by atoms with Crippen molar-refractivity contribution < 1.29 is 9.84 Å². The van der Waals surface area contributed by atoms with Crippen LogP contribution in [0.5, 0.6) is 0 Å². The van der Waals surface area contributed by atoms with Crippen LogP contribution < -0.4 is 0 Å². The van der Waals surface area contributed by atoms with Gasteiger partial charge in [-0.1, -0.05) is 18.8 Å². The summed E-state index contributed by atoms with van der Waals surface area (Å²) in [5.74, 6) is 6.04. The fourth-order valence-electron chi connectivity index (χ4n) is 1.87. The minimum atomic E-state index is 0.128. The van der Waals surface area contributed by atoms with Gasteiger partial charge >= 0.3 is 0 Å². The lowest BCUT2D eigenvalue weighted by atomic mass is 10.2. The maximum absolute atomic E-state index is 8.72. The minimum absolute atomic E-state index is 0.128. The molecule has 1 heterocycles. The first-order chi connectivity index (χ1) is 9.71. The fourth-order valence-corrected chi connectivity index (χ4v) is 2.71. The summed E-state index contributed by atoms with van der Waals surface area (Å²) in [6.07, 6.45) is 1.68. The normalized spacial score (nSPS) is 12.2. The first kappa shape index (κ1) is 17.2. The van der Waals surface area contributed by atoms with Crippen LogP contribution in [-0.4, -0.2) is 42.9 Å². The molecule has 0 aliphatic heterocycles. The highest BCUT2D eigenvalue weighted by atomic mass is 32.1. The Bertz CT molecular complexity index is 433. The summed E-state index contributed by atoms with van der Waals surface area (Å²) in [6.45, 7) is 7.26. The standard InChI is InChI=1S/C16H25NO2S/c1-4-14(2)17(8-10-19-3)12-16-11-15(13-20-16)7-5-6-9-18/h11,13-14,18H,4,6,8-10,12H2,1-3H3. The summed E-state index contributed by atoms with van der Waals surface area (Å²) in [5, 5.41) is 10.8. The van der Waals surface area contributed by atoms with Crippen molar-refractivity contribution in [2.45, 2.75) is 39.3 Å². The molecular formula is C16H25NO2S. The van der Waals surface area contributed by atoms with E-state index in [0.29, 0.717) is 12.5 Å². The van der Waals surface area contributed by atoms with E-state index in [1.807, 2.05) is 0 Å². The molecule has 112 valence electrons.